The first-order chi connectivity index (χ1) is 15.3. The third kappa shape index (κ3) is 4.93. The van der Waals surface area contributed by atoms with Crippen LogP contribution in [0.3, 0.4) is 0 Å². The summed E-state index contributed by atoms with van der Waals surface area (Å²) in [5.41, 5.74) is 3.42. The lowest BCUT2D eigenvalue weighted by Crippen LogP contribution is -2.09. The van der Waals surface area contributed by atoms with Crippen molar-refractivity contribution in [3.05, 3.63) is 76.3 Å². The van der Waals surface area contributed by atoms with Crippen LogP contribution >= 0.6 is 0 Å². The monoisotopic (exact) mass is 438 g/mol. The molecule has 0 unspecified atom stereocenters. The average Bonchev–Trinajstić information content (AvgIpc) is 3.15. The predicted octanol–water partition coefficient (Wildman–Crippen LogP) is 4.27. The number of furan rings is 1. The number of carboxylic acid groups (broad SMARTS) is 2. The van der Waals surface area contributed by atoms with Crippen LogP contribution in [-0.2, 0) is 16.1 Å². The van der Waals surface area contributed by atoms with Crippen LogP contribution in [0.2, 0.25) is 0 Å². The molecule has 3 N–H and O–H groups in total. The van der Waals surface area contributed by atoms with Crippen LogP contribution in [0.5, 0.6) is 5.75 Å². The molecule has 0 saturated heterocycles. The summed E-state index contributed by atoms with van der Waals surface area (Å²) in [5, 5.41) is 30.9. The number of fused-ring (bicyclic) bond motifs is 3. The molecule has 1 heterocycles. The van der Waals surface area contributed by atoms with Crippen molar-refractivity contribution in [1.82, 2.24) is 0 Å². The molecule has 10 heteroatoms. The molecule has 0 spiro atoms. The van der Waals surface area contributed by atoms with Crippen molar-refractivity contribution < 1.29 is 33.9 Å². The van der Waals surface area contributed by atoms with E-state index in [4.69, 9.17) is 29.0 Å². The number of rotatable bonds is 5. The molecule has 0 aliphatic heterocycles. The van der Waals surface area contributed by atoms with Gasteiger partial charge in [-0.05, 0) is 17.7 Å². The van der Waals surface area contributed by atoms with Gasteiger partial charge in [0.05, 0.1) is 17.7 Å². The highest BCUT2D eigenvalue weighted by atomic mass is 16.6. The Balaban J connectivity index is 0.000000427. The number of hydrogen-bond acceptors (Lipinski definition) is 7. The molecule has 0 bridgehead atoms. The number of ether oxygens (including phenoxy) is 1. The first kappa shape index (κ1) is 22.1. The van der Waals surface area contributed by atoms with Crippen molar-refractivity contribution in [3.8, 4) is 5.75 Å². The topological polar surface area (TPSA) is 152 Å². The van der Waals surface area contributed by atoms with Crippen LogP contribution in [0.25, 0.3) is 21.9 Å². The molecule has 164 valence electrons. The maximum absolute atomic E-state index is 10.7. The highest BCUT2D eigenvalue weighted by Gasteiger charge is 2.12. The van der Waals surface area contributed by atoms with Crippen LogP contribution in [0.15, 0.2) is 65.1 Å². The lowest BCUT2D eigenvalue weighted by atomic mass is 10.1. The van der Waals surface area contributed by atoms with Gasteiger partial charge in [0.2, 0.25) is 0 Å². The van der Waals surface area contributed by atoms with Gasteiger partial charge in [-0.25, -0.2) is 9.59 Å². The normalized spacial score (nSPS) is 10.3. The molecule has 0 saturated carbocycles. The van der Waals surface area contributed by atoms with E-state index in [1.807, 2.05) is 36.4 Å². The van der Waals surface area contributed by atoms with Crippen molar-refractivity contribution in [2.24, 2.45) is 0 Å². The van der Waals surface area contributed by atoms with E-state index in [0.29, 0.717) is 12.3 Å². The lowest BCUT2D eigenvalue weighted by molar-refractivity contribution is -0.384. The number of anilines is 1. The second-order valence-corrected chi connectivity index (χ2v) is 6.53. The molecule has 1 aromatic heterocycles. The molecular weight excluding hydrogens is 420 g/mol. The Hall–Kier alpha value is -4.60. The number of methoxy groups -OCH3 is 1. The zero-order valence-electron chi connectivity index (χ0n) is 16.8. The van der Waals surface area contributed by atoms with Crippen LogP contribution in [0.4, 0.5) is 11.4 Å². The van der Waals surface area contributed by atoms with Gasteiger partial charge in [0.25, 0.3) is 5.69 Å². The summed E-state index contributed by atoms with van der Waals surface area (Å²) >= 11 is 0. The SMILES string of the molecule is COc1cc2c(cc1NCc1ccc([N+](=O)[O-])cc1)oc1ccccc12.O=C(O)C(=O)O. The second-order valence-electron chi connectivity index (χ2n) is 6.53. The molecule has 4 rings (SSSR count). The number of aliphatic carboxylic acids is 2. The quantitative estimate of drug-likeness (QED) is 0.235. The molecule has 3 aromatic carbocycles. The third-order valence-electron chi connectivity index (χ3n) is 4.51. The van der Waals surface area contributed by atoms with Gasteiger partial charge in [-0.1, -0.05) is 30.3 Å². The summed E-state index contributed by atoms with van der Waals surface area (Å²) in [7, 11) is 1.63. The van der Waals surface area contributed by atoms with Gasteiger partial charge in [0, 0.05) is 35.5 Å². The summed E-state index contributed by atoms with van der Waals surface area (Å²) < 4.78 is 11.4. The van der Waals surface area contributed by atoms with E-state index in [0.717, 1.165) is 33.2 Å². The minimum atomic E-state index is -1.82. The van der Waals surface area contributed by atoms with Crippen molar-refractivity contribution in [2.75, 3.05) is 12.4 Å². The fourth-order valence-corrected chi connectivity index (χ4v) is 2.99. The summed E-state index contributed by atoms with van der Waals surface area (Å²) in [6, 6.07) is 18.2. The van der Waals surface area contributed by atoms with Gasteiger partial charge in [-0.15, -0.1) is 0 Å². The van der Waals surface area contributed by atoms with Gasteiger partial charge in [-0.2, -0.15) is 0 Å². The zero-order valence-corrected chi connectivity index (χ0v) is 16.8. The Kier molecular flexibility index (Phi) is 6.54. The Morgan fingerprint density at radius 2 is 1.66 bits per heavy atom. The van der Waals surface area contributed by atoms with E-state index in [9.17, 15) is 10.1 Å². The highest BCUT2D eigenvalue weighted by molar-refractivity contribution is 6.27. The molecule has 0 aliphatic carbocycles. The van der Waals surface area contributed by atoms with E-state index in [-0.39, 0.29) is 5.69 Å². The number of hydrogen-bond donors (Lipinski definition) is 3. The second kappa shape index (κ2) is 9.47. The molecule has 0 radical (unpaired) electrons. The number of nitro groups is 1. The molecule has 4 aromatic rings. The predicted molar refractivity (Wildman–Crippen MR) is 116 cm³/mol. The highest BCUT2D eigenvalue weighted by Crippen LogP contribution is 2.36. The van der Waals surface area contributed by atoms with Crippen molar-refractivity contribution in [2.45, 2.75) is 6.54 Å². The third-order valence-corrected chi connectivity index (χ3v) is 4.51. The number of nitro benzene ring substituents is 1. The molecule has 32 heavy (non-hydrogen) atoms. The van der Waals surface area contributed by atoms with E-state index < -0.39 is 16.9 Å². The molecule has 10 nitrogen and oxygen atoms in total. The molecule has 0 amide bonds. The standard InChI is InChI=1S/C20H16N2O4.C2H2O4/c1-25-20-10-16-15-4-2-3-5-18(15)26-19(16)11-17(20)21-12-13-6-8-14(9-7-13)22(23)24;3-1(4)2(5)6/h2-11,21H,12H2,1H3;(H,3,4)(H,5,6). The first-order valence-corrected chi connectivity index (χ1v) is 9.23. The summed E-state index contributed by atoms with van der Waals surface area (Å²) in [6.45, 7) is 0.514. The summed E-state index contributed by atoms with van der Waals surface area (Å²) in [6.07, 6.45) is 0. The molecule has 0 atom stereocenters. The van der Waals surface area contributed by atoms with Crippen LogP contribution < -0.4 is 10.1 Å². The van der Waals surface area contributed by atoms with Gasteiger partial charge in [-0.3, -0.25) is 10.1 Å². The van der Waals surface area contributed by atoms with Crippen molar-refractivity contribution in [3.63, 3.8) is 0 Å². The average molecular weight is 438 g/mol. The number of carbonyl (C=O) groups is 2. The van der Waals surface area contributed by atoms with Crippen LogP contribution in [0.1, 0.15) is 5.56 Å². The number of non-ortho nitro benzene ring substituents is 1. The zero-order chi connectivity index (χ0) is 23.3. The first-order valence-electron chi connectivity index (χ1n) is 9.23. The number of carboxylic acids is 2. The summed E-state index contributed by atoms with van der Waals surface area (Å²) in [4.78, 5) is 28.5. The van der Waals surface area contributed by atoms with Crippen molar-refractivity contribution in [1.29, 1.82) is 0 Å². The van der Waals surface area contributed by atoms with Gasteiger partial charge >= 0.3 is 11.9 Å². The fourth-order valence-electron chi connectivity index (χ4n) is 2.99. The minimum Gasteiger partial charge on any atom is -0.495 e. The molecular formula is C22H18N2O8. The minimum absolute atomic E-state index is 0.0787. The largest absolute Gasteiger partial charge is 0.495 e. The smallest absolute Gasteiger partial charge is 0.414 e. The Morgan fingerprint density at radius 1 is 1.00 bits per heavy atom. The summed E-state index contributed by atoms with van der Waals surface area (Å²) in [5.74, 6) is -2.93. The van der Waals surface area contributed by atoms with Crippen LogP contribution in [-0.4, -0.2) is 34.2 Å². The Labute approximate surface area is 180 Å². The number of nitrogens with one attached hydrogen (secondary N) is 1. The number of benzene rings is 3. The van der Waals surface area contributed by atoms with Gasteiger partial charge in [0.15, 0.2) is 0 Å². The van der Waals surface area contributed by atoms with E-state index in [2.05, 4.69) is 5.32 Å². The van der Waals surface area contributed by atoms with Crippen LogP contribution in [0, 0.1) is 10.1 Å². The van der Waals surface area contributed by atoms with E-state index >= 15 is 0 Å². The maximum atomic E-state index is 10.7. The van der Waals surface area contributed by atoms with E-state index in [1.165, 1.54) is 12.1 Å². The van der Waals surface area contributed by atoms with Gasteiger partial charge in [0.1, 0.15) is 16.9 Å². The fraction of sp³-hybridized carbons (Fsp3) is 0.0909. The van der Waals surface area contributed by atoms with Gasteiger partial charge < -0.3 is 24.7 Å². The van der Waals surface area contributed by atoms with E-state index in [1.54, 1.807) is 19.2 Å². The number of nitrogens with zero attached hydrogens (tertiary/aromatic N) is 1. The van der Waals surface area contributed by atoms with Crippen molar-refractivity contribution >= 4 is 45.3 Å². The Morgan fingerprint density at radius 3 is 2.25 bits per heavy atom. The maximum Gasteiger partial charge on any atom is 0.414 e. The molecule has 0 aliphatic rings. The lowest BCUT2D eigenvalue weighted by Gasteiger charge is -2.11. The Bertz CT molecular complexity index is 1280. The molecule has 0 fully saturated rings. The number of para-hydroxylation sites is 1.